The summed E-state index contributed by atoms with van der Waals surface area (Å²) in [5, 5.41) is 14.8. The minimum Gasteiger partial charge on any atom is -0.481 e. The van der Waals surface area contributed by atoms with Crippen LogP contribution in [0.3, 0.4) is 0 Å². The van der Waals surface area contributed by atoms with Crippen LogP contribution >= 0.6 is 0 Å². The van der Waals surface area contributed by atoms with Gasteiger partial charge in [0.05, 0.1) is 27.8 Å². The van der Waals surface area contributed by atoms with Crippen LogP contribution in [0.15, 0.2) is 103 Å². The number of hydrogen-bond donors (Lipinski definition) is 4. The molecule has 0 fully saturated rings. The molecule has 0 atom stereocenters. The smallest absolute Gasteiger partial charge is 0.303 e. The SMILES string of the molecule is Cc1ccc(NC(=O)c2ccc3c(c2)C(=O)N(c2c(C)cccc2C)C3=O)cc1C.Cc1ccc(NC(=O)c2ccc3nc(-c4c(C)cc(CCC(=O)O)cc4C)[nH]c3c2)cc1C. The van der Waals surface area contributed by atoms with Gasteiger partial charge in [0, 0.05) is 34.5 Å². The van der Waals surface area contributed by atoms with Crippen LogP contribution in [-0.4, -0.2) is 44.7 Å². The number of carboxylic acids is 1. The molecule has 7 aromatic rings. The van der Waals surface area contributed by atoms with Crippen LogP contribution in [0.25, 0.3) is 22.4 Å². The van der Waals surface area contributed by atoms with E-state index in [0.29, 0.717) is 34.5 Å². The zero-order chi connectivity index (χ0) is 45.3. The molecule has 4 amide bonds. The first-order valence-corrected chi connectivity index (χ1v) is 20.7. The molecule has 1 aliphatic rings. The fourth-order valence-electron chi connectivity index (χ4n) is 7.88. The Labute approximate surface area is 366 Å². The summed E-state index contributed by atoms with van der Waals surface area (Å²) < 4.78 is 0. The molecule has 0 spiro atoms. The van der Waals surface area contributed by atoms with Crippen molar-refractivity contribution < 1.29 is 29.1 Å². The van der Waals surface area contributed by atoms with Crippen molar-refractivity contribution in [2.45, 2.75) is 68.2 Å². The monoisotopic (exact) mass is 839 g/mol. The van der Waals surface area contributed by atoms with E-state index in [2.05, 4.69) is 15.6 Å². The lowest BCUT2D eigenvalue weighted by molar-refractivity contribution is -0.136. The Morgan fingerprint density at radius 3 is 1.68 bits per heavy atom. The predicted molar refractivity (Wildman–Crippen MR) is 248 cm³/mol. The maximum absolute atomic E-state index is 13.1. The van der Waals surface area contributed by atoms with E-state index >= 15 is 0 Å². The highest BCUT2D eigenvalue weighted by molar-refractivity contribution is 6.35. The molecule has 0 saturated carbocycles. The van der Waals surface area contributed by atoms with Gasteiger partial charge in [-0.25, -0.2) is 9.88 Å². The van der Waals surface area contributed by atoms with Crippen LogP contribution in [0.5, 0.6) is 0 Å². The van der Waals surface area contributed by atoms with Gasteiger partial charge in [-0.2, -0.15) is 0 Å². The molecule has 6 aromatic carbocycles. The number of nitrogens with zero attached hydrogens (tertiary/aromatic N) is 2. The summed E-state index contributed by atoms with van der Waals surface area (Å²) >= 11 is 0. The van der Waals surface area contributed by atoms with Crippen molar-refractivity contribution in [3.8, 4) is 11.4 Å². The molecule has 63 heavy (non-hydrogen) atoms. The molecule has 318 valence electrons. The maximum Gasteiger partial charge on any atom is 0.303 e. The van der Waals surface area contributed by atoms with Gasteiger partial charge in [0.2, 0.25) is 0 Å². The average Bonchev–Trinajstić information content (AvgIpc) is 3.76. The number of carbonyl (C=O) groups excluding carboxylic acids is 4. The van der Waals surface area contributed by atoms with Crippen molar-refractivity contribution in [2.24, 2.45) is 0 Å². The Balaban J connectivity index is 0.000000190. The highest BCUT2D eigenvalue weighted by Gasteiger charge is 2.38. The third-order valence-corrected chi connectivity index (χ3v) is 11.5. The third kappa shape index (κ3) is 9.18. The zero-order valence-corrected chi connectivity index (χ0v) is 36.6. The first-order chi connectivity index (χ1) is 30.0. The summed E-state index contributed by atoms with van der Waals surface area (Å²) in [6, 6.07) is 31.3. The normalized spacial score (nSPS) is 11.9. The molecule has 0 unspecified atom stereocenters. The highest BCUT2D eigenvalue weighted by atomic mass is 16.4. The second kappa shape index (κ2) is 17.7. The van der Waals surface area contributed by atoms with Crippen LogP contribution in [0, 0.1) is 55.4 Å². The molecule has 0 aliphatic carbocycles. The summed E-state index contributed by atoms with van der Waals surface area (Å²) in [5.41, 5.74) is 15.3. The summed E-state index contributed by atoms with van der Waals surface area (Å²) in [4.78, 5) is 71.8. The fourth-order valence-corrected chi connectivity index (χ4v) is 7.88. The molecule has 2 heterocycles. The van der Waals surface area contributed by atoms with Gasteiger partial charge in [-0.15, -0.1) is 0 Å². The molecule has 0 bridgehead atoms. The topological polar surface area (TPSA) is 162 Å². The maximum atomic E-state index is 13.1. The number of nitrogens with one attached hydrogen (secondary N) is 3. The van der Waals surface area contributed by atoms with Crippen LogP contribution in [0.4, 0.5) is 17.1 Å². The molecule has 11 heteroatoms. The lowest BCUT2D eigenvalue weighted by Gasteiger charge is -2.19. The third-order valence-electron chi connectivity index (χ3n) is 11.5. The number of imide groups is 1. The Hall–Kier alpha value is -7.66. The van der Waals surface area contributed by atoms with E-state index < -0.39 is 11.9 Å². The molecular weight excluding hydrogens is 791 g/mol. The van der Waals surface area contributed by atoms with E-state index in [0.717, 1.165) is 72.6 Å². The molecule has 4 N–H and O–H groups in total. The largest absolute Gasteiger partial charge is 0.481 e. The first kappa shape index (κ1) is 43.4. The minimum absolute atomic E-state index is 0.107. The van der Waals surface area contributed by atoms with Gasteiger partial charge >= 0.3 is 5.97 Å². The molecule has 0 radical (unpaired) electrons. The van der Waals surface area contributed by atoms with E-state index in [1.54, 1.807) is 18.2 Å². The quantitative estimate of drug-likeness (QED) is 0.105. The van der Waals surface area contributed by atoms with Crippen molar-refractivity contribution in [3.05, 3.63) is 175 Å². The number of benzene rings is 6. The number of carboxylic acid groups (broad SMARTS) is 1. The Kier molecular flexibility index (Phi) is 12.2. The van der Waals surface area contributed by atoms with E-state index in [9.17, 15) is 24.0 Å². The first-order valence-electron chi connectivity index (χ1n) is 20.7. The Morgan fingerprint density at radius 2 is 1.13 bits per heavy atom. The standard InChI is InChI=1S/C27H27N3O3.C25H22N2O3/c1-15-5-8-21(13-16(15)2)28-27(33)20-7-9-22-23(14-20)30-26(29-22)25-17(3)11-19(12-18(25)4)6-10-24(31)32;1-14-8-10-19(12-17(14)4)26-23(28)18-9-11-20-21(13-18)25(30)27(24(20)29)22-15(2)6-5-7-16(22)3/h5,7-9,11-14H,6,10H2,1-4H3,(H,28,33)(H,29,30)(H,31,32);5-13H,1-4H3,(H,26,28). The van der Waals surface area contributed by atoms with E-state index in [1.165, 1.54) is 16.5 Å². The minimum atomic E-state index is -0.802. The zero-order valence-electron chi connectivity index (χ0n) is 36.6. The number of hydrogen-bond acceptors (Lipinski definition) is 6. The van der Waals surface area contributed by atoms with Gasteiger partial charge in [0.1, 0.15) is 5.82 Å². The van der Waals surface area contributed by atoms with Crippen molar-refractivity contribution in [1.82, 2.24) is 9.97 Å². The van der Waals surface area contributed by atoms with Gasteiger partial charge in [-0.3, -0.25) is 24.0 Å². The number of H-pyrrole nitrogens is 1. The number of aryl methyl sites for hydroxylation is 9. The van der Waals surface area contributed by atoms with Crippen LogP contribution in [-0.2, 0) is 11.2 Å². The second-order valence-electron chi connectivity index (χ2n) is 16.3. The number of fused-ring (bicyclic) bond motifs is 2. The van der Waals surface area contributed by atoms with Gasteiger partial charge in [0.25, 0.3) is 23.6 Å². The number of para-hydroxylation sites is 1. The van der Waals surface area contributed by atoms with Crippen LogP contribution < -0.4 is 15.5 Å². The van der Waals surface area contributed by atoms with Gasteiger partial charge in [0.15, 0.2) is 0 Å². The number of imidazole rings is 1. The second-order valence-corrected chi connectivity index (χ2v) is 16.3. The summed E-state index contributed by atoms with van der Waals surface area (Å²) in [6.07, 6.45) is 0.603. The lowest BCUT2D eigenvalue weighted by atomic mass is 9.97. The van der Waals surface area contributed by atoms with Crippen LogP contribution in [0.2, 0.25) is 0 Å². The van der Waals surface area contributed by atoms with Crippen molar-refractivity contribution >= 4 is 57.7 Å². The van der Waals surface area contributed by atoms with Gasteiger partial charge in [-0.1, -0.05) is 42.5 Å². The summed E-state index contributed by atoms with van der Waals surface area (Å²) in [7, 11) is 0. The molecule has 8 rings (SSSR count). The number of anilines is 3. The van der Waals surface area contributed by atoms with Crippen LogP contribution in [0.1, 0.15) is 97.9 Å². The number of carbonyl (C=O) groups is 5. The summed E-state index contributed by atoms with van der Waals surface area (Å²) in [6.45, 7) is 15.8. The molecule has 0 saturated heterocycles. The number of rotatable bonds is 9. The van der Waals surface area contributed by atoms with Crippen molar-refractivity contribution in [3.63, 3.8) is 0 Å². The molecule has 1 aromatic heterocycles. The number of aromatic amines is 1. The molecule has 11 nitrogen and oxygen atoms in total. The highest BCUT2D eigenvalue weighted by Crippen LogP contribution is 2.34. The van der Waals surface area contributed by atoms with Gasteiger partial charge < -0.3 is 20.7 Å². The number of aromatic nitrogens is 2. The van der Waals surface area contributed by atoms with Crippen molar-refractivity contribution in [1.29, 1.82) is 0 Å². The van der Waals surface area contributed by atoms with E-state index in [1.807, 2.05) is 134 Å². The predicted octanol–water partition coefficient (Wildman–Crippen LogP) is 10.7. The number of amides is 4. The Bertz CT molecular complexity index is 2970. The lowest BCUT2D eigenvalue weighted by Crippen LogP contribution is -2.30. The molecular formula is C52H49N5O6. The fraction of sp³-hybridized carbons (Fsp3) is 0.192. The Morgan fingerprint density at radius 1 is 0.587 bits per heavy atom. The summed E-state index contributed by atoms with van der Waals surface area (Å²) in [5.74, 6) is -1.35. The van der Waals surface area contributed by atoms with E-state index in [-0.39, 0.29) is 29.7 Å². The van der Waals surface area contributed by atoms with Crippen molar-refractivity contribution in [2.75, 3.05) is 15.5 Å². The molecule has 1 aliphatic heterocycles. The van der Waals surface area contributed by atoms with Gasteiger partial charge in [-0.05, 0) is 173 Å². The number of aliphatic carboxylic acids is 1. The van der Waals surface area contributed by atoms with E-state index in [4.69, 9.17) is 10.1 Å². The average molecular weight is 840 g/mol.